The second kappa shape index (κ2) is 6.07. The summed E-state index contributed by atoms with van der Waals surface area (Å²) in [5, 5.41) is 1.05. The number of halogens is 1. The molecule has 1 saturated heterocycles. The van der Waals surface area contributed by atoms with Gasteiger partial charge in [-0.2, -0.15) is 0 Å². The van der Waals surface area contributed by atoms with Gasteiger partial charge in [0.25, 0.3) is 0 Å². The van der Waals surface area contributed by atoms with Crippen molar-refractivity contribution in [3.05, 3.63) is 10.0 Å². The van der Waals surface area contributed by atoms with Crippen molar-refractivity contribution in [1.29, 1.82) is 0 Å². The van der Waals surface area contributed by atoms with Crippen molar-refractivity contribution in [3.8, 4) is 0 Å². The van der Waals surface area contributed by atoms with E-state index >= 15 is 0 Å². The van der Waals surface area contributed by atoms with Crippen molar-refractivity contribution in [3.63, 3.8) is 0 Å². The van der Waals surface area contributed by atoms with Gasteiger partial charge in [-0.05, 0) is 26.9 Å². The summed E-state index contributed by atoms with van der Waals surface area (Å²) < 4.78 is 4.70. The lowest BCUT2D eigenvalue weighted by atomic mass is 10.2. The summed E-state index contributed by atoms with van der Waals surface area (Å²) >= 11 is 7.32. The number of rotatable bonds is 4. The van der Waals surface area contributed by atoms with Crippen LogP contribution in [0, 0.1) is 0 Å². The maximum Gasteiger partial charge on any atom is 0.351 e. The minimum Gasteiger partial charge on any atom is -0.465 e. The van der Waals surface area contributed by atoms with Crippen LogP contribution in [0.15, 0.2) is 0 Å². The van der Waals surface area contributed by atoms with Crippen molar-refractivity contribution in [1.82, 2.24) is 9.88 Å². The standard InChI is InChI=1S/C12H18ClN3O2S/c1-15(2)7-8-5-4-6-16(8)12-14-10(13)9(19-12)11(17)18-3/h8H,4-7H2,1-3H3. The molecule has 0 saturated carbocycles. The normalized spacial score (nSPS) is 19.2. The van der Waals surface area contributed by atoms with Crippen molar-refractivity contribution in [2.75, 3.05) is 39.2 Å². The quantitative estimate of drug-likeness (QED) is 0.797. The summed E-state index contributed by atoms with van der Waals surface area (Å²) in [5.41, 5.74) is 0. The van der Waals surface area contributed by atoms with Crippen LogP contribution in [0.2, 0.25) is 5.15 Å². The van der Waals surface area contributed by atoms with Crippen molar-refractivity contribution >= 4 is 34.0 Å². The van der Waals surface area contributed by atoms with Gasteiger partial charge >= 0.3 is 5.97 Å². The van der Waals surface area contributed by atoms with Gasteiger partial charge < -0.3 is 14.5 Å². The molecular formula is C12H18ClN3O2S. The first-order valence-corrected chi connectivity index (χ1v) is 7.38. The Bertz CT molecular complexity index is 464. The summed E-state index contributed by atoms with van der Waals surface area (Å²) in [6.07, 6.45) is 2.28. The molecule has 106 valence electrons. The van der Waals surface area contributed by atoms with Gasteiger partial charge in [0.2, 0.25) is 0 Å². The maximum atomic E-state index is 11.6. The number of hydrogen-bond acceptors (Lipinski definition) is 6. The summed E-state index contributed by atoms with van der Waals surface area (Å²) in [5.74, 6) is -0.419. The molecule has 0 aromatic carbocycles. The SMILES string of the molecule is COC(=O)c1sc(N2CCCC2CN(C)C)nc1Cl. The molecule has 1 aromatic heterocycles. The molecule has 0 bridgehead atoms. The van der Waals surface area contributed by atoms with E-state index < -0.39 is 5.97 Å². The lowest BCUT2D eigenvalue weighted by Crippen LogP contribution is -2.37. The average molecular weight is 304 g/mol. The van der Waals surface area contributed by atoms with Gasteiger partial charge in [-0.1, -0.05) is 22.9 Å². The molecule has 2 heterocycles. The maximum absolute atomic E-state index is 11.6. The van der Waals surface area contributed by atoms with Crippen molar-refractivity contribution in [2.45, 2.75) is 18.9 Å². The molecule has 1 unspecified atom stereocenters. The van der Waals surface area contributed by atoms with Gasteiger partial charge in [0.15, 0.2) is 15.2 Å². The number of aromatic nitrogens is 1. The van der Waals surface area contributed by atoms with Crippen LogP contribution < -0.4 is 4.90 Å². The first-order chi connectivity index (χ1) is 9.02. The second-order valence-corrected chi connectivity index (χ2v) is 6.20. The predicted molar refractivity (Wildman–Crippen MR) is 77.4 cm³/mol. The highest BCUT2D eigenvalue weighted by Crippen LogP contribution is 2.34. The van der Waals surface area contributed by atoms with E-state index in [1.807, 2.05) is 0 Å². The van der Waals surface area contributed by atoms with E-state index in [1.54, 1.807) is 0 Å². The molecule has 1 fully saturated rings. The van der Waals surface area contributed by atoms with Gasteiger partial charge in [0.05, 0.1) is 7.11 Å². The van der Waals surface area contributed by atoms with Gasteiger partial charge in [-0.15, -0.1) is 0 Å². The number of hydrogen-bond donors (Lipinski definition) is 0. The fourth-order valence-corrected chi connectivity index (χ4v) is 3.63. The van der Waals surface area contributed by atoms with E-state index in [0.717, 1.165) is 31.1 Å². The Hall–Kier alpha value is -0.850. The van der Waals surface area contributed by atoms with Gasteiger partial charge in [-0.3, -0.25) is 0 Å². The number of thiazole rings is 1. The van der Waals surface area contributed by atoms with Crippen LogP contribution in [0.25, 0.3) is 0 Å². The van der Waals surface area contributed by atoms with E-state index in [1.165, 1.54) is 18.4 Å². The lowest BCUT2D eigenvalue weighted by molar-refractivity contribution is 0.0606. The first-order valence-electron chi connectivity index (χ1n) is 6.19. The average Bonchev–Trinajstić information content (AvgIpc) is 2.94. The molecule has 0 spiro atoms. The monoisotopic (exact) mass is 303 g/mol. The highest BCUT2D eigenvalue weighted by molar-refractivity contribution is 7.18. The highest BCUT2D eigenvalue weighted by Gasteiger charge is 2.29. The molecule has 0 radical (unpaired) electrons. The minimum atomic E-state index is -0.419. The number of carbonyl (C=O) groups is 1. The van der Waals surface area contributed by atoms with Gasteiger partial charge in [0, 0.05) is 19.1 Å². The molecule has 0 N–H and O–H groups in total. The third kappa shape index (κ3) is 3.19. The van der Waals surface area contributed by atoms with Crippen LogP contribution in [0.1, 0.15) is 22.5 Å². The number of anilines is 1. The molecule has 1 aliphatic rings. The number of carbonyl (C=O) groups excluding carboxylic acids is 1. The van der Waals surface area contributed by atoms with E-state index in [2.05, 4.69) is 28.9 Å². The van der Waals surface area contributed by atoms with Crippen LogP contribution in [0.3, 0.4) is 0 Å². The molecular weight excluding hydrogens is 286 g/mol. The van der Waals surface area contributed by atoms with E-state index in [-0.39, 0.29) is 5.15 Å². The Balaban J connectivity index is 2.19. The Morgan fingerprint density at radius 1 is 1.63 bits per heavy atom. The fraction of sp³-hybridized carbons (Fsp3) is 0.667. The van der Waals surface area contributed by atoms with Crippen molar-refractivity contribution in [2.24, 2.45) is 0 Å². The molecule has 0 amide bonds. The Kier molecular flexibility index (Phi) is 4.65. The Morgan fingerprint density at radius 3 is 3.00 bits per heavy atom. The van der Waals surface area contributed by atoms with Gasteiger partial charge in [-0.25, -0.2) is 9.78 Å². The summed E-state index contributed by atoms with van der Waals surface area (Å²) in [6.45, 7) is 1.94. The zero-order valence-electron chi connectivity index (χ0n) is 11.4. The van der Waals surface area contributed by atoms with Crippen LogP contribution in [-0.2, 0) is 4.74 Å². The third-order valence-electron chi connectivity index (χ3n) is 3.14. The first kappa shape index (κ1) is 14.6. The zero-order valence-corrected chi connectivity index (χ0v) is 12.9. The van der Waals surface area contributed by atoms with E-state index in [9.17, 15) is 4.79 Å². The Labute approximate surface area is 122 Å². The number of nitrogens with zero attached hydrogens (tertiary/aromatic N) is 3. The molecule has 1 aliphatic heterocycles. The molecule has 2 rings (SSSR count). The van der Waals surface area contributed by atoms with Gasteiger partial charge in [0.1, 0.15) is 0 Å². The molecule has 7 heteroatoms. The number of esters is 1. The van der Waals surface area contributed by atoms with Crippen molar-refractivity contribution < 1.29 is 9.53 Å². The highest BCUT2D eigenvalue weighted by atomic mass is 35.5. The molecule has 1 atom stereocenters. The number of ether oxygens (including phenoxy) is 1. The number of methoxy groups -OCH3 is 1. The molecule has 19 heavy (non-hydrogen) atoms. The van der Waals surface area contributed by atoms with E-state index in [4.69, 9.17) is 16.3 Å². The molecule has 5 nitrogen and oxygen atoms in total. The van der Waals surface area contributed by atoms with Crippen LogP contribution in [-0.4, -0.2) is 56.2 Å². The molecule has 0 aliphatic carbocycles. The van der Waals surface area contributed by atoms with E-state index in [0.29, 0.717) is 10.9 Å². The summed E-state index contributed by atoms with van der Waals surface area (Å²) in [7, 11) is 5.47. The largest absolute Gasteiger partial charge is 0.465 e. The second-order valence-electron chi connectivity index (χ2n) is 4.86. The third-order valence-corrected chi connectivity index (χ3v) is 4.60. The van der Waals surface area contributed by atoms with Crippen LogP contribution in [0.4, 0.5) is 5.13 Å². The Morgan fingerprint density at radius 2 is 2.37 bits per heavy atom. The topological polar surface area (TPSA) is 45.7 Å². The predicted octanol–water partition coefficient (Wildman–Crippen LogP) is 2.11. The minimum absolute atomic E-state index is 0.238. The number of likely N-dealkylation sites (N-methyl/N-ethyl adjacent to an activating group) is 1. The summed E-state index contributed by atoms with van der Waals surface area (Å²) in [6, 6.07) is 0.433. The molecule has 1 aromatic rings. The smallest absolute Gasteiger partial charge is 0.351 e. The fourth-order valence-electron chi connectivity index (χ4n) is 2.33. The summed E-state index contributed by atoms with van der Waals surface area (Å²) in [4.78, 5) is 20.7. The zero-order chi connectivity index (χ0) is 14.0. The van der Waals surface area contributed by atoms with Crippen LogP contribution >= 0.6 is 22.9 Å². The van der Waals surface area contributed by atoms with Crippen LogP contribution in [0.5, 0.6) is 0 Å². The lowest BCUT2D eigenvalue weighted by Gasteiger charge is -2.26.